The number of anilines is 1. The van der Waals surface area contributed by atoms with E-state index in [1.165, 1.54) is 5.56 Å². The summed E-state index contributed by atoms with van der Waals surface area (Å²) in [7, 11) is 0. The third kappa shape index (κ3) is 3.21. The average Bonchev–Trinajstić information content (AvgIpc) is 2.91. The van der Waals surface area contributed by atoms with Crippen molar-refractivity contribution in [3.8, 4) is 0 Å². The van der Waals surface area contributed by atoms with Gasteiger partial charge in [-0.15, -0.1) is 0 Å². The van der Waals surface area contributed by atoms with E-state index in [1.807, 2.05) is 41.3 Å². The predicted octanol–water partition coefficient (Wildman–Crippen LogP) is 5.62. The third-order valence-electron chi connectivity index (χ3n) is 5.00. The van der Waals surface area contributed by atoms with Crippen molar-refractivity contribution in [3.05, 3.63) is 64.7 Å². The summed E-state index contributed by atoms with van der Waals surface area (Å²) >= 11 is 6.15. The van der Waals surface area contributed by atoms with Gasteiger partial charge in [-0.3, -0.25) is 4.79 Å². The third-order valence-corrected chi connectivity index (χ3v) is 5.24. The van der Waals surface area contributed by atoms with Gasteiger partial charge in [-0.1, -0.05) is 63.1 Å². The smallest absolute Gasteiger partial charge is 0.234 e. The molecule has 2 atom stereocenters. The Labute approximate surface area is 149 Å². The first kappa shape index (κ1) is 17.0. The van der Waals surface area contributed by atoms with Crippen LogP contribution in [0.25, 0.3) is 0 Å². The van der Waals surface area contributed by atoms with Crippen molar-refractivity contribution in [2.75, 3.05) is 11.4 Å². The Balaban J connectivity index is 1.95. The van der Waals surface area contributed by atoms with Gasteiger partial charge in [-0.2, -0.15) is 0 Å². The maximum Gasteiger partial charge on any atom is 0.234 e. The summed E-state index contributed by atoms with van der Waals surface area (Å²) in [6.45, 7) is 7.28. The van der Waals surface area contributed by atoms with Crippen LogP contribution in [0.4, 0.5) is 5.69 Å². The van der Waals surface area contributed by atoms with Crippen LogP contribution in [0.3, 0.4) is 0 Å². The number of benzene rings is 2. The van der Waals surface area contributed by atoms with E-state index < -0.39 is 0 Å². The van der Waals surface area contributed by atoms with Crippen molar-refractivity contribution < 1.29 is 4.79 Å². The van der Waals surface area contributed by atoms with Crippen molar-refractivity contribution in [3.63, 3.8) is 0 Å². The standard InChI is InChI=1S/C21H24ClNO/c1-4-15-13-23(19-10-6-7-16(12-19)14(2)3)21(24)20(15)17-8-5-9-18(22)11-17/h5-12,14-15,20H,4,13H2,1-3H3/t15-,20-/m1/s1. The molecule has 0 saturated carbocycles. The van der Waals surface area contributed by atoms with E-state index in [1.54, 1.807) is 0 Å². The van der Waals surface area contributed by atoms with Crippen LogP contribution in [0.5, 0.6) is 0 Å². The number of carbonyl (C=O) groups excluding carboxylic acids is 1. The highest BCUT2D eigenvalue weighted by Crippen LogP contribution is 2.39. The van der Waals surface area contributed by atoms with E-state index in [0.717, 1.165) is 24.2 Å². The van der Waals surface area contributed by atoms with Gasteiger partial charge in [0.1, 0.15) is 0 Å². The van der Waals surface area contributed by atoms with Crippen LogP contribution in [0.15, 0.2) is 48.5 Å². The van der Waals surface area contributed by atoms with Crippen molar-refractivity contribution in [2.45, 2.75) is 39.0 Å². The van der Waals surface area contributed by atoms with Gasteiger partial charge in [0.15, 0.2) is 0 Å². The quantitative estimate of drug-likeness (QED) is 0.706. The Morgan fingerprint density at radius 1 is 1.17 bits per heavy atom. The molecule has 0 unspecified atom stereocenters. The van der Waals surface area contributed by atoms with Crippen molar-refractivity contribution in [2.24, 2.45) is 5.92 Å². The molecule has 2 aromatic rings. The van der Waals surface area contributed by atoms with Crippen molar-refractivity contribution >= 4 is 23.2 Å². The average molecular weight is 342 g/mol. The summed E-state index contributed by atoms with van der Waals surface area (Å²) in [6.07, 6.45) is 0.975. The molecule has 0 spiro atoms. The zero-order valence-electron chi connectivity index (χ0n) is 14.5. The largest absolute Gasteiger partial charge is 0.312 e. The lowest BCUT2D eigenvalue weighted by molar-refractivity contribution is -0.118. The van der Waals surface area contributed by atoms with Crippen LogP contribution < -0.4 is 4.90 Å². The first-order valence-corrected chi connectivity index (χ1v) is 9.05. The summed E-state index contributed by atoms with van der Waals surface area (Å²) in [6, 6.07) is 16.1. The SMILES string of the molecule is CC[C@@H]1CN(c2cccc(C(C)C)c2)C(=O)[C@H]1c1cccc(Cl)c1. The highest BCUT2D eigenvalue weighted by atomic mass is 35.5. The Morgan fingerprint density at radius 2 is 1.92 bits per heavy atom. The summed E-state index contributed by atoms with van der Waals surface area (Å²) in [4.78, 5) is 15.1. The monoisotopic (exact) mass is 341 g/mol. The van der Waals surface area contributed by atoms with Crippen molar-refractivity contribution in [1.82, 2.24) is 0 Å². The molecule has 0 bridgehead atoms. The van der Waals surface area contributed by atoms with Crippen LogP contribution in [0.2, 0.25) is 5.02 Å². The molecular weight excluding hydrogens is 318 g/mol. The molecule has 0 N–H and O–H groups in total. The number of hydrogen-bond acceptors (Lipinski definition) is 1. The van der Waals surface area contributed by atoms with Gasteiger partial charge < -0.3 is 4.90 Å². The van der Waals surface area contributed by atoms with E-state index >= 15 is 0 Å². The maximum absolute atomic E-state index is 13.2. The second kappa shape index (κ2) is 6.98. The molecule has 0 aliphatic carbocycles. The van der Waals surface area contributed by atoms with Crippen LogP contribution in [0, 0.1) is 5.92 Å². The van der Waals surface area contributed by atoms with Crippen LogP contribution >= 0.6 is 11.6 Å². The zero-order chi connectivity index (χ0) is 17.3. The van der Waals surface area contributed by atoms with E-state index in [4.69, 9.17) is 11.6 Å². The predicted molar refractivity (Wildman–Crippen MR) is 101 cm³/mol. The molecule has 0 radical (unpaired) electrons. The summed E-state index contributed by atoms with van der Waals surface area (Å²) in [5.41, 5.74) is 3.30. The molecule has 3 heteroatoms. The lowest BCUT2D eigenvalue weighted by Gasteiger charge is -2.19. The van der Waals surface area contributed by atoms with Gasteiger partial charge in [-0.25, -0.2) is 0 Å². The fourth-order valence-corrected chi connectivity index (χ4v) is 3.76. The Kier molecular flexibility index (Phi) is 4.96. The number of rotatable bonds is 4. The van der Waals surface area contributed by atoms with E-state index in [9.17, 15) is 4.79 Å². The zero-order valence-corrected chi connectivity index (χ0v) is 15.3. The molecule has 1 aliphatic rings. The highest BCUT2D eigenvalue weighted by molar-refractivity contribution is 6.30. The molecule has 2 nitrogen and oxygen atoms in total. The lowest BCUT2D eigenvalue weighted by Crippen LogP contribution is -2.26. The van der Waals surface area contributed by atoms with Crippen LogP contribution in [0.1, 0.15) is 50.2 Å². The molecule has 1 fully saturated rings. The van der Waals surface area contributed by atoms with Gasteiger partial charge in [-0.05, 0) is 47.2 Å². The fraction of sp³-hybridized carbons (Fsp3) is 0.381. The second-order valence-corrected chi connectivity index (χ2v) is 7.34. The Hall–Kier alpha value is -1.80. The van der Waals surface area contributed by atoms with E-state index in [2.05, 4.69) is 32.9 Å². The van der Waals surface area contributed by atoms with E-state index in [0.29, 0.717) is 16.9 Å². The van der Waals surface area contributed by atoms with Crippen LogP contribution in [-0.2, 0) is 4.79 Å². The van der Waals surface area contributed by atoms with Crippen LogP contribution in [-0.4, -0.2) is 12.5 Å². The summed E-state index contributed by atoms with van der Waals surface area (Å²) in [5.74, 6) is 0.855. The minimum atomic E-state index is -0.101. The van der Waals surface area contributed by atoms with E-state index in [-0.39, 0.29) is 11.8 Å². The number of nitrogens with zero attached hydrogens (tertiary/aromatic N) is 1. The first-order valence-electron chi connectivity index (χ1n) is 8.68. The summed E-state index contributed by atoms with van der Waals surface area (Å²) < 4.78 is 0. The van der Waals surface area contributed by atoms with Crippen molar-refractivity contribution in [1.29, 1.82) is 0 Å². The number of carbonyl (C=O) groups is 1. The molecule has 1 saturated heterocycles. The Bertz CT molecular complexity index is 740. The van der Waals surface area contributed by atoms with Gasteiger partial charge in [0.2, 0.25) is 5.91 Å². The normalized spacial score (nSPS) is 20.9. The molecule has 24 heavy (non-hydrogen) atoms. The van der Waals surface area contributed by atoms with Gasteiger partial charge >= 0.3 is 0 Å². The second-order valence-electron chi connectivity index (χ2n) is 6.90. The number of hydrogen-bond donors (Lipinski definition) is 0. The minimum Gasteiger partial charge on any atom is -0.312 e. The molecule has 1 amide bonds. The molecule has 1 aliphatic heterocycles. The molecule has 0 aromatic heterocycles. The van der Waals surface area contributed by atoms with Gasteiger partial charge in [0.25, 0.3) is 0 Å². The maximum atomic E-state index is 13.2. The molecule has 126 valence electrons. The van der Waals surface area contributed by atoms with Gasteiger partial charge in [0, 0.05) is 17.3 Å². The Morgan fingerprint density at radius 3 is 2.58 bits per heavy atom. The molecule has 1 heterocycles. The minimum absolute atomic E-state index is 0.101. The van der Waals surface area contributed by atoms with Gasteiger partial charge in [0.05, 0.1) is 5.92 Å². The molecule has 2 aromatic carbocycles. The number of halogens is 1. The highest BCUT2D eigenvalue weighted by Gasteiger charge is 2.41. The summed E-state index contributed by atoms with van der Waals surface area (Å²) in [5, 5.41) is 0.690. The topological polar surface area (TPSA) is 20.3 Å². The fourth-order valence-electron chi connectivity index (χ4n) is 3.56. The molecular formula is C21H24ClNO. The first-order chi connectivity index (χ1) is 11.5. The molecule has 3 rings (SSSR count). The number of amides is 1. The lowest BCUT2D eigenvalue weighted by atomic mass is 9.87.